The SMILES string of the molecule is CCC[CH]SC. The molecule has 0 atom stereocenters. The minimum atomic E-state index is 1.25. The largest absolute Gasteiger partial charge is 0.161 e. The normalized spacial score (nSPS) is 9.00. The van der Waals surface area contributed by atoms with Gasteiger partial charge in [-0.2, -0.15) is 11.8 Å². The molecular formula is C5H11S. The lowest BCUT2D eigenvalue weighted by Crippen LogP contribution is -1.62. The van der Waals surface area contributed by atoms with Crippen LogP contribution in [-0.4, -0.2) is 6.26 Å². The molecule has 0 unspecified atom stereocenters. The quantitative estimate of drug-likeness (QED) is 0.494. The molecule has 0 aromatic rings. The molecule has 0 N–H and O–H groups in total. The van der Waals surface area contributed by atoms with E-state index in [-0.39, 0.29) is 0 Å². The number of hydrogen-bond donors (Lipinski definition) is 0. The van der Waals surface area contributed by atoms with Gasteiger partial charge in [-0.05, 0) is 12.7 Å². The summed E-state index contributed by atoms with van der Waals surface area (Å²) >= 11 is 1.80. The third-order valence-electron chi connectivity index (χ3n) is 0.573. The van der Waals surface area contributed by atoms with Gasteiger partial charge in [0.15, 0.2) is 0 Å². The average Bonchev–Trinajstić information content (AvgIpc) is 1.61. The van der Waals surface area contributed by atoms with Crippen LogP contribution in [0.15, 0.2) is 0 Å². The summed E-state index contributed by atoms with van der Waals surface area (Å²) in [6.07, 6.45) is 4.62. The van der Waals surface area contributed by atoms with Crippen LogP contribution >= 0.6 is 11.8 Å². The maximum absolute atomic E-state index is 2.22. The molecule has 0 aromatic heterocycles. The van der Waals surface area contributed by atoms with E-state index < -0.39 is 0 Å². The second-order valence-corrected chi connectivity index (χ2v) is 2.00. The topological polar surface area (TPSA) is 0 Å². The Bertz CT molecular complexity index is 15.9. The number of hydrogen-bond acceptors (Lipinski definition) is 1. The summed E-state index contributed by atoms with van der Waals surface area (Å²) in [5, 5.41) is 0. The van der Waals surface area contributed by atoms with Gasteiger partial charge >= 0.3 is 0 Å². The zero-order valence-electron chi connectivity index (χ0n) is 4.40. The lowest BCUT2D eigenvalue weighted by Gasteiger charge is -1.85. The summed E-state index contributed by atoms with van der Waals surface area (Å²) in [5.41, 5.74) is 0. The Balaban J connectivity index is 2.34. The molecule has 0 nitrogen and oxygen atoms in total. The Morgan fingerprint density at radius 2 is 2.33 bits per heavy atom. The van der Waals surface area contributed by atoms with E-state index >= 15 is 0 Å². The number of rotatable bonds is 3. The van der Waals surface area contributed by atoms with Gasteiger partial charge in [-0.1, -0.05) is 13.3 Å². The molecule has 0 bridgehead atoms. The highest BCUT2D eigenvalue weighted by Gasteiger charge is 1.76. The van der Waals surface area contributed by atoms with E-state index in [0.717, 1.165) is 0 Å². The lowest BCUT2D eigenvalue weighted by molar-refractivity contribution is 0.945. The maximum atomic E-state index is 2.22. The summed E-state index contributed by atoms with van der Waals surface area (Å²) < 4.78 is 0. The Kier molecular flexibility index (Phi) is 5.66. The average molecular weight is 103 g/mol. The third-order valence-corrected chi connectivity index (χ3v) is 1.14. The molecule has 0 fully saturated rings. The molecule has 0 heterocycles. The Labute approximate surface area is 44.3 Å². The van der Waals surface area contributed by atoms with Gasteiger partial charge < -0.3 is 0 Å². The second kappa shape index (κ2) is 5.35. The van der Waals surface area contributed by atoms with Crippen molar-refractivity contribution in [3.63, 3.8) is 0 Å². The number of thioether (sulfide) groups is 1. The fraction of sp³-hybridized carbons (Fsp3) is 0.800. The molecule has 0 aliphatic rings. The van der Waals surface area contributed by atoms with E-state index in [1.807, 2.05) is 0 Å². The minimum absolute atomic E-state index is 1.25. The second-order valence-electron chi connectivity index (χ2n) is 1.19. The van der Waals surface area contributed by atoms with Crippen LogP contribution in [0.25, 0.3) is 0 Å². The van der Waals surface area contributed by atoms with Crippen LogP contribution < -0.4 is 0 Å². The maximum Gasteiger partial charge on any atom is 0.0163 e. The van der Waals surface area contributed by atoms with Crippen LogP contribution in [0.3, 0.4) is 0 Å². The lowest BCUT2D eigenvalue weighted by atomic mass is 10.4. The smallest absolute Gasteiger partial charge is 0.0163 e. The van der Waals surface area contributed by atoms with E-state index in [0.29, 0.717) is 0 Å². The van der Waals surface area contributed by atoms with Crippen molar-refractivity contribution in [3.8, 4) is 0 Å². The Hall–Kier alpha value is 0.350. The van der Waals surface area contributed by atoms with Crippen molar-refractivity contribution in [1.82, 2.24) is 0 Å². The summed E-state index contributed by atoms with van der Waals surface area (Å²) in [4.78, 5) is 0. The van der Waals surface area contributed by atoms with Gasteiger partial charge in [-0.15, -0.1) is 0 Å². The van der Waals surface area contributed by atoms with E-state index in [2.05, 4.69) is 18.9 Å². The van der Waals surface area contributed by atoms with Gasteiger partial charge in [0.1, 0.15) is 0 Å². The van der Waals surface area contributed by atoms with Crippen molar-refractivity contribution in [2.45, 2.75) is 19.8 Å². The van der Waals surface area contributed by atoms with Crippen LogP contribution in [0.1, 0.15) is 19.8 Å². The highest BCUT2D eigenvalue weighted by atomic mass is 32.2. The fourth-order valence-corrected chi connectivity index (χ4v) is 0.707. The highest BCUT2D eigenvalue weighted by molar-refractivity contribution is 8.00. The van der Waals surface area contributed by atoms with Crippen LogP contribution in [0.5, 0.6) is 0 Å². The third kappa shape index (κ3) is 4.35. The predicted octanol–water partition coefficient (Wildman–Crippen LogP) is 2.31. The fourth-order valence-electron chi connectivity index (χ4n) is 0.236. The molecule has 0 saturated carbocycles. The Morgan fingerprint density at radius 1 is 1.67 bits per heavy atom. The van der Waals surface area contributed by atoms with E-state index in [4.69, 9.17) is 0 Å². The van der Waals surface area contributed by atoms with Gasteiger partial charge in [0.2, 0.25) is 0 Å². The molecule has 1 heteroatoms. The molecule has 0 spiro atoms. The van der Waals surface area contributed by atoms with E-state index in [1.165, 1.54) is 12.8 Å². The first kappa shape index (κ1) is 6.35. The molecule has 0 saturated heterocycles. The van der Waals surface area contributed by atoms with Gasteiger partial charge in [0, 0.05) is 5.75 Å². The van der Waals surface area contributed by atoms with E-state index in [1.54, 1.807) is 11.8 Å². The van der Waals surface area contributed by atoms with Crippen molar-refractivity contribution < 1.29 is 0 Å². The van der Waals surface area contributed by atoms with Crippen molar-refractivity contribution in [1.29, 1.82) is 0 Å². The Morgan fingerprint density at radius 3 is 2.50 bits per heavy atom. The van der Waals surface area contributed by atoms with Gasteiger partial charge in [0.05, 0.1) is 0 Å². The molecular weight excluding hydrogens is 92.1 g/mol. The van der Waals surface area contributed by atoms with Crippen LogP contribution in [0.2, 0.25) is 0 Å². The van der Waals surface area contributed by atoms with Crippen molar-refractivity contribution in [2.24, 2.45) is 0 Å². The first-order valence-electron chi connectivity index (χ1n) is 2.26. The summed E-state index contributed by atoms with van der Waals surface area (Å²) in [7, 11) is 0. The zero-order chi connectivity index (χ0) is 4.83. The van der Waals surface area contributed by atoms with Crippen molar-refractivity contribution >= 4 is 11.8 Å². The molecule has 1 radical (unpaired) electrons. The molecule has 0 aliphatic heterocycles. The standard InChI is InChI=1S/C5H11S/c1-3-4-5-6-2/h5H,3-4H2,1-2H3. The monoisotopic (exact) mass is 103 g/mol. The van der Waals surface area contributed by atoms with Crippen LogP contribution in [-0.2, 0) is 0 Å². The van der Waals surface area contributed by atoms with Gasteiger partial charge in [-0.25, -0.2) is 0 Å². The van der Waals surface area contributed by atoms with E-state index in [9.17, 15) is 0 Å². The number of unbranched alkanes of at least 4 members (excludes halogenated alkanes) is 1. The first-order chi connectivity index (χ1) is 2.91. The molecule has 0 aromatic carbocycles. The van der Waals surface area contributed by atoms with Crippen molar-refractivity contribution in [3.05, 3.63) is 5.75 Å². The predicted molar refractivity (Wildman–Crippen MR) is 32.7 cm³/mol. The van der Waals surface area contributed by atoms with Gasteiger partial charge in [-0.3, -0.25) is 0 Å². The molecule has 0 amide bonds. The molecule has 37 valence electrons. The molecule has 0 aliphatic carbocycles. The van der Waals surface area contributed by atoms with Crippen molar-refractivity contribution in [2.75, 3.05) is 6.26 Å². The molecule has 6 heavy (non-hydrogen) atoms. The van der Waals surface area contributed by atoms with Crippen LogP contribution in [0, 0.1) is 5.75 Å². The molecule has 0 rings (SSSR count). The van der Waals surface area contributed by atoms with Crippen LogP contribution in [0.4, 0.5) is 0 Å². The first-order valence-corrected chi connectivity index (χ1v) is 3.55. The van der Waals surface area contributed by atoms with Gasteiger partial charge in [0.25, 0.3) is 0 Å². The summed E-state index contributed by atoms with van der Waals surface area (Å²) in [6.45, 7) is 2.19. The zero-order valence-corrected chi connectivity index (χ0v) is 5.22. The minimum Gasteiger partial charge on any atom is -0.161 e. The summed E-state index contributed by atoms with van der Waals surface area (Å²) in [6, 6.07) is 0. The summed E-state index contributed by atoms with van der Waals surface area (Å²) in [5.74, 6) is 2.22. The highest BCUT2D eigenvalue weighted by Crippen LogP contribution is 2.03.